The van der Waals surface area contributed by atoms with Gasteiger partial charge in [-0.05, 0) is 73.2 Å². The number of hydrogen-bond donors (Lipinski definition) is 2. The van der Waals surface area contributed by atoms with E-state index in [1.54, 1.807) is 36.8 Å². The third-order valence-corrected chi connectivity index (χ3v) is 7.10. The van der Waals surface area contributed by atoms with Crippen molar-refractivity contribution in [3.63, 3.8) is 0 Å². The zero-order valence-electron chi connectivity index (χ0n) is 18.3. The highest BCUT2D eigenvalue weighted by atomic mass is 32.1. The summed E-state index contributed by atoms with van der Waals surface area (Å²) in [5.41, 5.74) is 3.50. The number of hydrogen-bond acceptors (Lipinski definition) is 6. The van der Waals surface area contributed by atoms with Gasteiger partial charge in [-0.2, -0.15) is 0 Å². The summed E-state index contributed by atoms with van der Waals surface area (Å²) in [4.78, 5) is 18.7. The third kappa shape index (κ3) is 4.50. The van der Waals surface area contributed by atoms with Gasteiger partial charge in [-0.15, -0.1) is 11.3 Å². The van der Waals surface area contributed by atoms with E-state index < -0.39 is 0 Å². The van der Waals surface area contributed by atoms with Gasteiger partial charge in [0.15, 0.2) is 5.76 Å². The number of nitrogens with zero attached hydrogens (tertiary/aromatic N) is 1. The molecule has 33 heavy (non-hydrogen) atoms. The Balaban J connectivity index is 1.60. The second-order valence-electron chi connectivity index (χ2n) is 7.95. The minimum Gasteiger partial charge on any atom is -0.497 e. The summed E-state index contributed by atoms with van der Waals surface area (Å²) in [6, 6.07) is 17.1. The lowest BCUT2D eigenvalue weighted by Crippen LogP contribution is -2.18. The standard InChI is InChI=1S/C26H25N3O3S/c1-31-18-13-11-17(12-14-18)24(28-22-10-4-5-15-27-22)23-19-7-2-3-9-21(19)33-26(23)29-25(30)20-8-6-16-32-20/h4-6,8,10-16,24H,2-3,7,9H2,1H3,(H,27,28)(H,29,30). The monoisotopic (exact) mass is 459 g/mol. The van der Waals surface area contributed by atoms with Crippen LogP contribution in [0, 0.1) is 0 Å². The van der Waals surface area contributed by atoms with Crippen molar-refractivity contribution < 1.29 is 13.9 Å². The van der Waals surface area contributed by atoms with Gasteiger partial charge in [-0.25, -0.2) is 4.98 Å². The third-order valence-electron chi connectivity index (χ3n) is 5.88. The number of pyridine rings is 1. The zero-order chi connectivity index (χ0) is 22.6. The normalized spacial score (nSPS) is 13.7. The van der Waals surface area contributed by atoms with Crippen LogP contribution in [0.5, 0.6) is 5.75 Å². The van der Waals surface area contributed by atoms with Crippen LogP contribution in [-0.4, -0.2) is 18.0 Å². The summed E-state index contributed by atoms with van der Waals surface area (Å²) in [7, 11) is 1.66. The number of nitrogens with one attached hydrogen (secondary N) is 2. The summed E-state index contributed by atoms with van der Waals surface area (Å²) >= 11 is 1.67. The molecule has 0 saturated carbocycles. The lowest BCUT2D eigenvalue weighted by atomic mass is 9.89. The number of fused-ring (bicyclic) bond motifs is 1. The molecule has 1 amide bonds. The molecule has 1 aliphatic rings. The van der Waals surface area contributed by atoms with E-state index in [0.29, 0.717) is 5.76 Å². The van der Waals surface area contributed by atoms with E-state index in [1.165, 1.54) is 23.1 Å². The van der Waals surface area contributed by atoms with Crippen LogP contribution in [-0.2, 0) is 12.8 Å². The number of carbonyl (C=O) groups is 1. The first-order valence-electron chi connectivity index (χ1n) is 11.0. The van der Waals surface area contributed by atoms with Gasteiger partial charge in [0.05, 0.1) is 19.4 Å². The van der Waals surface area contributed by atoms with Crippen LogP contribution in [0.15, 0.2) is 71.5 Å². The van der Waals surface area contributed by atoms with Gasteiger partial charge in [-0.3, -0.25) is 4.79 Å². The highest BCUT2D eigenvalue weighted by Crippen LogP contribution is 2.44. The smallest absolute Gasteiger partial charge is 0.291 e. The Labute approximate surface area is 196 Å². The number of aromatic nitrogens is 1. The van der Waals surface area contributed by atoms with Gasteiger partial charge in [0.1, 0.15) is 16.6 Å². The van der Waals surface area contributed by atoms with Gasteiger partial charge in [0.2, 0.25) is 0 Å². The van der Waals surface area contributed by atoms with Crippen LogP contribution in [0.3, 0.4) is 0 Å². The van der Waals surface area contributed by atoms with Crippen molar-refractivity contribution >= 4 is 28.1 Å². The summed E-state index contributed by atoms with van der Waals surface area (Å²) in [5, 5.41) is 7.60. The summed E-state index contributed by atoms with van der Waals surface area (Å²) < 4.78 is 10.7. The molecule has 5 rings (SSSR count). The van der Waals surface area contributed by atoms with Crippen LogP contribution in [0.4, 0.5) is 10.8 Å². The fourth-order valence-electron chi connectivity index (χ4n) is 4.28. The first-order chi connectivity index (χ1) is 16.2. The molecule has 0 spiro atoms. The predicted octanol–water partition coefficient (Wildman–Crippen LogP) is 6.08. The molecule has 3 aromatic heterocycles. The minimum absolute atomic E-state index is 0.184. The minimum atomic E-state index is -0.244. The number of amides is 1. The van der Waals surface area contributed by atoms with E-state index in [1.807, 2.05) is 30.3 Å². The molecule has 1 aromatic carbocycles. The molecule has 4 aromatic rings. The van der Waals surface area contributed by atoms with Gasteiger partial charge in [-0.1, -0.05) is 18.2 Å². The average molecular weight is 460 g/mol. The molecule has 3 heterocycles. The van der Waals surface area contributed by atoms with Crippen molar-refractivity contribution in [3.05, 3.63) is 94.4 Å². The van der Waals surface area contributed by atoms with E-state index in [9.17, 15) is 4.79 Å². The Kier molecular flexibility index (Phi) is 6.13. The molecular formula is C26H25N3O3S. The molecule has 0 radical (unpaired) electrons. The Morgan fingerprint density at radius 2 is 1.94 bits per heavy atom. The van der Waals surface area contributed by atoms with Crippen molar-refractivity contribution in [2.45, 2.75) is 31.7 Å². The highest BCUT2D eigenvalue weighted by Gasteiger charge is 2.29. The van der Waals surface area contributed by atoms with E-state index in [0.717, 1.165) is 47.0 Å². The molecule has 1 unspecified atom stereocenters. The summed E-state index contributed by atoms with van der Waals surface area (Å²) in [6.45, 7) is 0. The van der Waals surface area contributed by atoms with Gasteiger partial charge in [0.25, 0.3) is 5.91 Å². The van der Waals surface area contributed by atoms with Crippen LogP contribution >= 0.6 is 11.3 Å². The van der Waals surface area contributed by atoms with Gasteiger partial charge >= 0.3 is 0 Å². The topological polar surface area (TPSA) is 76.4 Å². The average Bonchev–Trinajstić information content (AvgIpc) is 3.52. The number of aryl methyl sites for hydroxylation is 1. The highest BCUT2D eigenvalue weighted by molar-refractivity contribution is 7.16. The molecule has 2 N–H and O–H groups in total. The maximum atomic E-state index is 12.9. The Morgan fingerprint density at radius 3 is 2.67 bits per heavy atom. The number of ether oxygens (including phenoxy) is 1. The SMILES string of the molecule is COc1ccc(C(Nc2ccccn2)c2c(NC(=O)c3ccco3)sc3c2CCCC3)cc1. The lowest BCUT2D eigenvalue weighted by Gasteiger charge is -2.24. The van der Waals surface area contributed by atoms with E-state index in [2.05, 4.69) is 27.8 Å². The molecule has 0 saturated heterocycles. The fourth-order valence-corrected chi connectivity index (χ4v) is 5.60. The molecule has 0 aliphatic heterocycles. The number of rotatable bonds is 7. The van der Waals surface area contributed by atoms with Crippen molar-refractivity contribution in [2.75, 3.05) is 17.7 Å². The van der Waals surface area contributed by atoms with Crippen LogP contribution in [0.25, 0.3) is 0 Å². The largest absolute Gasteiger partial charge is 0.497 e. The molecule has 6 nitrogen and oxygen atoms in total. The summed E-state index contributed by atoms with van der Waals surface area (Å²) in [6.07, 6.45) is 7.62. The number of carbonyl (C=O) groups excluding carboxylic acids is 1. The molecule has 0 fully saturated rings. The lowest BCUT2D eigenvalue weighted by molar-refractivity contribution is 0.0997. The van der Waals surface area contributed by atoms with Crippen LogP contribution < -0.4 is 15.4 Å². The number of methoxy groups -OCH3 is 1. The van der Waals surface area contributed by atoms with E-state index in [4.69, 9.17) is 9.15 Å². The van der Waals surface area contributed by atoms with Gasteiger partial charge < -0.3 is 19.8 Å². The second-order valence-corrected chi connectivity index (χ2v) is 9.06. The molecule has 0 bridgehead atoms. The number of furan rings is 1. The molecule has 168 valence electrons. The Hall–Kier alpha value is -3.58. The van der Waals surface area contributed by atoms with Crippen LogP contribution in [0.1, 0.15) is 51.0 Å². The molecule has 1 aliphatic carbocycles. The zero-order valence-corrected chi connectivity index (χ0v) is 19.2. The predicted molar refractivity (Wildman–Crippen MR) is 130 cm³/mol. The number of anilines is 2. The Bertz CT molecular complexity index is 1220. The van der Waals surface area contributed by atoms with E-state index in [-0.39, 0.29) is 11.9 Å². The van der Waals surface area contributed by atoms with Crippen molar-refractivity contribution in [3.8, 4) is 5.75 Å². The first kappa shape index (κ1) is 21.3. The maximum Gasteiger partial charge on any atom is 0.291 e. The van der Waals surface area contributed by atoms with Crippen molar-refractivity contribution in [1.29, 1.82) is 0 Å². The first-order valence-corrected chi connectivity index (χ1v) is 11.9. The van der Waals surface area contributed by atoms with Crippen molar-refractivity contribution in [2.24, 2.45) is 0 Å². The summed E-state index contributed by atoms with van der Waals surface area (Å²) in [5.74, 6) is 1.63. The fraction of sp³-hybridized carbons (Fsp3) is 0.231. The quantitative estimate of drug-likeness (QED) is 0.350. The van der Waals surface area contributed by atoms with E-state index >= 15 is 0 Å². The Morgan fingerprint density at radius 1 is 1.09 bits per heavy atom. The van der Waals surface area contributed by atoms with Crippen LogP contribution in [0.2, 0.25) is 0 Å². The second kappa shape index (κ2) is 9.50. The number of thiophene rings is 1. The molecular weight excluding hydrogens is 434 g/mol. The van der Waals surface area contributed by atoms with Gasteiger partial charge in [0, 0.05) is 16.6 Å². The molecule has 1 atom stereocenters. The van der Waals surface area contributed by atoms with Crippen molar-refractivity contribution in [1.82, 2.24) is 4.98 Å². The maximum absolute atomic E-state index is 12.9. The number of benzene rings is 1. The molecule has 7 heteroatoms.